The molecule has 2 heteroatoms. The fraction of sp³-hybridized carbons (Fsp3) is 0.560. The fourth-order valence-electron chi connectivity index (χ4n) is 3.30. The highest BCUT2D eigenvalue weighted by Crippen LogP contribution is 2.33. The molecule has 1 atom stereocenters. The molecule has 0 bridgehead atoms. The summed E-state index contributed by atoms with van der Waals surface area (Å²) in [6, 6.07) is 8.01. The Morgan fingerprint density at radius 1 is 1.07 bits per heavy atom. The van der Waals surface area contributed by atoms with E-state index in [0.717, 1.165) is 43.4 Å². The quantitative estimate of drug-likeness (QED) is 0.136. The monoisotopic (exact) mass is 370 g/mol. The van der Waals surface area contributed by atoms with E-state index in [1.807, 2.05) is 24.3 Å². The first-order valence-electron chi connectivity index (χ1n) is 10.8. The maximum atomic E-state index is 12.1. The predicted molar refractivity (Wildman–Crippen MR) is 116 cm³/mol. The van der Waals surface area contributed by atoms with Crippen LogP contribution in [0.25, 0.3) is 0 Å². The summed E-state index contributed by atoms with van der Waals surface area (Å²) in [6.07, 6.45) is 18.3. The average Bonchev–Trinajstić information content (AvgIpc) is 2.68. The van der Waals surface area contributed by atoms with Gasteiger partial charge >= 0.3 is 5.97 Å². The second-order valence-corrected chi connectivity index (χ2v) is 7.21. The summed E-state index contributed by atoms with van der Waals surface area (Å²) < 4.78 is 5.68. The third kappa shape index (κ3) is 10.2. The van der Waals surface area contributed by atoms with Gasteiger partial charge in [-0.05, 0) is 56.1 Å². The molecule has 0 aromatic heterocycles. The van der Waals surface area contributed by atoms with E-state index in [4.69, 9.17) is 4.74 Å². The van der Waals surface area contributed by atoms with Gasteiger partial charge < -0.3 is 4.74 Å². The molecule has 0 aliphatic rings. The van der Waals surface area contributed by atoms with Gasteiger partial charge in [0.05, 0.1) is 0 Å². The maximum absolute atomic E-state index is 12.1. The zero-order valence-corrected chi connectivity index (χ0v) is 17.4. The van der Waals surface area contributed by atoms with Crippen LogP contribution in [0, 0.1) is 0 Å². The van der Waals surface area contributed by atoms with Crippen molar-refractivity contribution in [2.45, 2.75) is 90.4 Å². The first kappa shape index (κ1) is 23.2. The van der Waals surface area contributed by atoms with Crippen molar-refractivity contribution in [3.8, 4) is 5.75 Å². The summed E-state index contributed by atoms with van der Waals surface area (Å²) >= 11 is 0. The Balaban J connectivity index is 2.56. The molecule has 1 aromatic carbocycles. The van der Waals surface area contributed by atoms with Crippen molar-refractivity contribution in [1.29, 1.82) is 0 Å². The Kier molecular flexibility index (Phi) is 13.1. The largest absolute Gasteiger partial charge is 0.426 e. The molecule has 1 rings (SSSR count). The Bertz CT molecular complexity index is 559. The number of ether oxygens (including phenoxy) is 1. The van der Waals surface area contributed by atoms with Crippen molar-refractivity contribution < 1.29 is 9.53 Å². The summed E-state index contributed by atoms with van der Waals surface area (Å²) in [7, 11) is 0. The van der Waals surface area contributed by atoms with Crippen LogP contribution in [0.5, 0.6) is 5.75 Å². The summed E-state index contributed by atoms with van der Waals surface area (Å²) in [4.78, 5) is 12.1. The van der Waals surface area contributed by atoms with Crippen LogP contribution in [0.1, 0.15) is 96.0 Å². The van der Waals surface area contributed by atoms with Gasteiger partial charge in [-0.25, -0.2) is 0 Å². The second-order valence-electron chi connectivity index (χ2n) is 7.21. The van der Waals surface area contributed by atoms with Crippen LogP contribution < -0.4 is 4.74 Å². The van der Waals surface area contributed by atoms with E-state index in [0.29, 0.717) is 12.3 Å². The van der Waals surface area contributed by atoms with Crippen LogP contribution in [0.3, 0.4) is 0 Å². The van der Waals surface area contributed by atoms with Gasteiger partial charge in [0.1, 0.15) is 5.75 Å². The van der Waals surface area contributed by atoms with Crippen molar-refractivity contribution in [3.63, 3.8) is 0 Å². The van der Waals surface area contributed by atoms with Crippen LogP contribution in [0.4, 0.5) is 0 Å². The predicted octanol–water partition coefficient (Wildman–Crippen LogP) is 7.75. The molecule has 0 saturated carbocycles. The van der Waals surface area contributed by atoms with Crippen molar-refractivity contribution in [2.75, 3.05) is 0 Å². The van der Waals surface area contributed by atoms with E-state index in [-0.39, 0.29) is 5.97 Å². The van der Waals surface area contributed by atoms with Crippen LogP contribution in [-0.2, 0) is 4.79 Å². The molecular formula is C25H38O2. The van der Waals surface area contributed by atoms with Crippen molar-refractivity contribution in [1.82, 2.24) is 0 Å². The molecule has 0 aliphatic carbocycles. The second kappa shape index (κ2) is 15.2. The lowest BCUT2D eigenvalue weighted by atomic mass is 9.89. The number of unbranched alkanes of at least 4 members (excludes halogenated alkanes) is 5. The van der Waals surface area contributed by atoms with E-state index in [1.54, 1.807) is 0 Å². The van der Waals surface area contributed by atoms with Crippen molar-refractivity contribution in [3.05, 3.63) is 54.6 Å². The number of esters is 1. The molecule has 0 spiro atoms. The molecule has 1 unspecified atom stereocenters. The Morgan fingerprint density at radius 3 is 2.59 bits per heavy atom. The topological polar surface area (TPSA) is 26.3 Å². The molecule has 0 aliphatic heterocycles. The Morgan fingerprint density at radius 2 is 1.85 bits per heavy atom. The molecule has 27 heavy (non-hydrogen) atoms. The molecular weight excluding hydrogens is 332 g/mol. The van der Waals surface area contributed by atoms with Gasteiger partial charge in [-0.2, -0.15) is 0 Å². The van der Waals surface area contributed by atoms with E-state index in [9.17, 15) is 4.79 Å². The number of hydrogen-bond acceptors (Lipinski definition) is 2. The number of para-hydroxylation sites is 1. The first-order valence-corrected chi connectivity index (χ1v) is 10.8. The number of carbonyl (C=O) groups excluding carboxylic acids is 1. The van der Waals surface area contributed by atoms with Gasteiger partial charge in [-0.15, -0.1) is 6.58 Å². The molecule has 0 amide bonds. The highest BCUT2D eigenvalue weighted by atomic mass is 16.5. The molecule has 2 nitrogen and oxygen atoms in total. The summed E-state index contributed by atoms with van der Waals surface area (Å²) in [5.41, 5.74) is 1.15. The first-order chi connectivity index (χ1) is 13.2. The van der Waals surface area contributed by atoms with Gasteiger partial charge in [-0.3, -0.25) is 4.79 Å². The number of hydrogen-bond donors (Lipinski definition) is 0. The van der Waals surface area contributed by atoms with Gasteiger partial charge in [-0.1, -0.05) is 76.0 Å². The SMILES string of the molecule is C=CCC(CCCCCC/C=C/CC)c1ccccc1OC(=O)CCCC. The van der Waals surface area contributed by atoms with E-state index in [1.165, 1.54) is 32.1 Å². The molecule has 1 aromatic rings. The third-order valence-electron chi connectivity index (χ3n) is 4.84. The number of benzene rings is 1. The maximum Gasteiger partial charge on any atom is 0.311 e. The number of rotatable bonds is 15. The van der Waals surface area contributed by atoms with E-state index < -0.39 is 0 Å². The van der Waals surface area contributed by atoms with Gasteiger partial charge in [0.15, 0.2) is 0 Å². The molecule has 0 fully saturated rings. The lowest BCUT2D eigenvalue weighted by Gasteiger charge is -2.19. The molecule has 0 saturated heterocycles. The summed E-state index contributed by atoms with van der Waals surface area (Å²) in [6.45, 7) is 8.19. The van der Waals surface area contributed by atoms with E-state index in [2.05, 4.69) is 38.6 Å². The number of carbonyl (C=O) groups is 1. The third-order valence-corrected chi connectivity index (χ3v) is 4.84. The zero-order chi connectivity index (χ0) is 19.7. The highest BCUT2D eigenvalue weighted by Gasteiger charge is 2.16. The van der Waals surface area contributed by atoms with Crippen LogP contribution in [0.15, 0.2) is 49.1 Å². The van der Waals surface area contributed by atoms with Crippen LogP contribution in [-0.4, -0.2) is 5.97 Å². The van der Waals surface area contributed by atoms with Crippen LogP contribution in [0.2, 0.25) is 0 Å². The van der Waals surface area contributed by atoms with Crippen LogP contribution >= 0.6 is 0 Å². The smallest absolute Gasteiger partial charge is 0.311 e. The molecule has 0 heterocycles. The fourth-order valence-corrected chi connectivity index (χ4v) is 3.30. The lowest BCUT2D eigenvalue weighted by Crippen LogP contribution is -2.10. The minimum Gasteiger partial charge on any atom is -0.426 e. The average molecular weight is 371 g/mol. The van der Waals surface area contributed by atoms with Crippen molar-refractivity contribution >= 4 is 5.97 Å². The molecule has 150 valence electrons. The van der Waals surface area contributed by atoms with E-state index >= 15 is 0 Å². The lowest BCUT2D eigenvalue weighted by molar-refractivity contribution is -0.134. The number of allylic oxidation sites excluding steroid dienone is 3. The molecule has 0 radical (unpaired) electrons. The standard InChI is InChI=1S/C25H38O2/c1-4-7-9-10-11-12-13-14-18-22(17-6-3)23-19-15-16-20-24(23)27-25(26)21-8-5-2/h6-7,9,15-16,19-20,22H,3-5,8,10-14,17-18,21H2,1-2H3/b9-7+. The zero-order valence-electron chi connectivity index (χ0n) is 17.4. The minimum absolute atomic E-state index is 0.123. The van der Waals surface area contributed by atoms with Crippen molar-refractivity contribution in [2.24, 2.45) is 0 Å². The Hall–Kier alpha value is -1.83. The highest BCUT2D eigenvalue weighted by molar-refractivity contribution is 5.72. The normalized spacial score (nSPS) is 12.2. The Labute approximate surface area is 166 Å². The summed E-state index contributed by atoms with van der Waals surface area (Å²) in [5, 5.41) is 0. The molecule has 0 N–H and O–H groups in total. The van der Waals surface area contributed by atoms with Gasteiger partial charge in [0, 0.05) is 6.42 Å². The van der Waals surface area contributed by atoms with Gasteiger partial charge in [0.2, 0.25) is 0 Å². The minimum atomic E-state index is -0.123. The summed E-state index contributed by atoms with van der Waals surface area (Å²) in [5.74, 6) is 0.981. The van der Waals surface area contributed by atoms with Gasteiger partial charge in [0.25, 0.3) is 0 Å².